The number of carbonyl (C=O) groups excluding carboxylic acids is 2. The number of amides is 1. The van der Waals surface area contributed by atoms with E-state index in [4.69, 9.17) is 16.3 Å². The number of piperazine rings is 1. The molecule has 1 aliphatic rings. The number of thiazole rings is 1. The second-order valence-electron chi connectivity index (χ2n) is 6.93. The van der Waals surface area contributed by atoms with Gasteiger partial charge in [-0.25, -0.2) is 9.78 Å². The van der Waals surface area contributed by atoms with Crippen molar-refractivity contribution >= 4 is 57.2 Å². The Kier molecular flexibility index (Phi) is 6.37. The number of hydrogen-bond donors (Lipinski definition) is 0. The number of hydrogen-bond acceptors (Lipinski definition) is 8. The molecule has 0 radical (unpaired) electrons. The predicted molar refractivity (Wildman–Crippen MR) is 120 cm³/mol. The number of ether oxygens (including phenoxy) is 1. The molecule has 3 aromatic rings. The molecule has 0 atom stereocenters. The number of carbonyl (C=O) groups is 2. The number of nitro benzene ring substituents is 1. The van der Waals surface area contributed by atoms with Crippen molar-refractivity contribution in [3.05, 3.63) is 62.9 Å². The minimum atomic E-state index is -0.649. The van der Waals surface area contributed by atoms with Crippen LogP contribution in [0.3, 0.4) is 0 Å². The number of rotatable bonds is 6. The number of non-ortho nitro benzene ring substituents is 1. The molecule has 0 N–H and O–H groups in total. The molecular formula is C20H18ClN5O5S. The number of imidazole rings is 1. The summed E-state index contributed by atoms with van der Waals surface area (Å²) in [6.07, 6.45) is 4.52. The lowest BCUT2D eigenvalue weighted by atomic mass is 10.2. The fourth-order valence-corrected chi connectivity index (χ4v) is 4.35. The smallest absolute Gasteiger partial charge is 0.331 e. The predicted octanol–water partition coefficient (Wildman–Crippen LogP) is 2.86. The van der Waals surface area contributed by atoms with E-state index >= 15 is 0 Å². The van der Waals surface area contributed by atoms with Crippen LogP contribution in [-0.4, -0.2) is 63.9 Å². The number of fused-ring (bicyclic) bond motifs is 1. The van der Waals surface area contributed by atoms with E-state index in [0.717, 1.165) is 5.69 Å². The first-order valence-corrected chi connectivity index (χ1v) is 10.9. The van der Waals surface area contributed by atoms with Crippen LogP contribution in [0.5, 0.6) is 0 Å². The van der Waals surface area contributed by atoms with Crippen molar-refractivity contribution in [3.63, 3.8) is 0 Å². The lowest BCUT2D eigenvalue weighted by Crippen LogP contribution is -2.49. The zero-order valence-corrected chi connectivity index (χ0v) is 18.3. The molecular weight excluding hydrogens is 458 g/mol. The maximum Gasteiger partial charge on any atom is 0.331 e. The highest BCUT2D eigenvalue weighted by Crippen LogP contribution is 2.23. The van der Waals surface area contributed by atoms with Gasteiger partial charge in [0.25, 0.3) is 11.6 Å². The molecule has 2 aromatic heterocycles. The van der Waals surface area contributed by atoms with Gasteiger partial charge in [-0.15, -0.1) is 11.3 Å². The average molecular weight is 476 g/mol. The summed E-state index contributed by atoms with van der Waals surface area (Å²) >= 11 is 7.50. The topological polar surface area (TPSA) is 110 Å². The number of benzene rings is 1. The Morgan fingerprint density at radius 1 is 1.22 bits per heavy atom. The first-order valence-electron chi connectivity index (χ1n) is 9.65. The van der Waals surface area contributed by atoms with Crippen LogP contribution in [0.1, 0.15) is 5.69 Å². The van der Waals surface area contributed by atoms with E-state index in [-0.39, 0.29) is 23.4 Å². The number of anilines is 1. The Hall–Kier alpha value is -3.44. The van der Waals surface area contributed by atoms with Crippen molar-refractivity contribution in [1.82, 2.24) is 14.3 Å². The molecule has 0 unspecified atom stereocenters. The lowest BCUT2D eigenvalue weighted by Gasteiger charge is -2.36. The monoisotopic (exact) mass is 475 g/mol. The van der Waals surface area contributed by atoms with E-state index in [9.17, 15) is 19.7 Å². The molecule has 1 saturated heterocycles. The SMILES string of the molecule is O=C(/C=C/c1c(Cl)nc2sccn12)OCC(=O)N1CCN(c2ccc([N+](=O)[O-])cc2)CC1. The minimum absolute atomic E-state index is 0.0358. The van der Waals surface area contributed by atoms with E-state index in [1.807, 2.05) is 10.3 Å². The summed E-state index contributed by atoms with van der Waals surface area (Å²) in [5, 5.41) is 12.9. The fraction of sp³-hybridized carbons (Fsp3) is 0.250. The summed E-state index contributed by atoms with van der Waals surface area (Å²) in [7, 11) is 0. The zero-order valence-electron chi connectivity index (χ0n) is 16.7. The van der Waals surface area contributed by atoms with Crippen LogP contribution in [0.25, 0.3) is 11.0 Å². The van der Waals surface area contributed by atoms with Crippen LogP contribution in [-0.2, 0) is 14.3 Å². The maximum atomic E-state index is 12.4. The van der Waals surface area contributed by atoms with Gasteiger partial charge in [-0.05, 0) is 18.2 Å². The zero-order chi connectivity index (χ0) is 22.7. The molecule has 12 heteroatoms. The van der Waals surface area contributed by atoms with Gasteiger partial charge in [0.05, 0.1) is 10.6 Å². The first kappa shape index (κ1) is 21.8. The van der Waals surface area contributed by atoms with E-state index in [1.165, 1.54) is 35.6 Å². The van der Waals surface area contributed by atoms with Gasteiger partial charge in [0.15, 0.2) is 16.7 Å². The average Bonchev–Trinajstić information content (AvgIpc) is 3.36. The van der Waals surface area contributed by atoms with Gasteiger partial charge >= 0.3 is 5.97 Å². The van der Waals surface area contributed by atoms with Gasteiger partial charge in [-0.1, -0.05) is 11.6 Å². The van der Waals surface area contributed by atoms with Crippen molar-refractivity contribution in [2.75, 3.05) is 37.7 Å². The van der Waals surface area contributed by atoms with Gasteiger partial charge in [0, 0.05) is 61.7 Å². The Bertz CT molecular complexity index is 1180. The van der Waals surface area contributed by atoms with E-state index in [2.05, 4.69) is 4.98 Å². The second-order valence-corrected chi connectivity index (χ2v) is 8.16. The van der Waals surface area contributed by atoms with Gasteiger partial charge < -0.3 is 14.5 Å². The lowest BCUT2D eigenvalue weighted by molar-refractivity contribution is -0.384. The Balaban J connectivity index is 1.25. The third-order valence-corrected chi connectivity index (χ3v) is 6.06. The Morgan fingerprint density at radius 2 is 1.94 bits per heavy atom. The molecule has 0 spiro atoms. The molecule has 0 aliphatic carbocycles. The highest BCUT2D eigenvalue weighted by Gasteiger charge is 2.22. The first-order chi connectivity index (χ1) is 15.4. The third kappa shape index (κ3) is 4.73. The number of halogens is 1. The summed E-state index contributed by atoms with van der Waals surface area (Å²) in [6.45, 7) is 1.73. The summed E-state index contributed by atoms with van der Waals surface area (Å²) in [6, 6.07) is 6.31. The van der Waals surface area contributed by atoms with Gasteiger partial charge in [0.2, 0.25) is 0 Å². The quantitative estimate of drug-likeness (QED) is 0.233. The van der Waals surface area contributed by atoms with Crippen molar-refractivity contribution in [1.29, 1.82) is 0 Å². The van der Waals surface area contributed by atoms with Crippen LogP contribution >= 0.6 is 22.9 Å². The summed E-state index contributed by atoms with van der Waals surface area (Å²) in [5.41, 5.74) is 1.46. The highest BCUT2D eigenvalue weighted by atomic mass is 35.5. The minimum Gasteiger partial charge on any atom is -0.452 e. The number of nitro groups is 1. The van der Waals surface area contributed by atoms with Crippen LogP contribution in [0.4, 0.5) is 11.4 Å². The molecule has 1 amide bonds. The van der Waals surface area contributed by atoms with Gasteiger partial charge in [0.1, 0.15) is 0 Å². The van der Waals surface area contributed by atoms with E-state index in [0.29, 0.717) is 36.8 Å². The Labute approximate surface area is 191 Å². The molecule has 1 aliphatic heterocycles. The summed E-state index contributed by atoms with van der Waals surface area (Å²) in [5.74, 6) is -0.929. The molecule has 3 heterocycles. The molecule has 10 nitrogen and oxygen atoms in total. The Morgan fingerprint density at radius 3 is 2.62 bits per heavy atom. The summed E-state index contributed by atoms with van der Waals surface area (Å²) in [4.78, 5) is 43.3. The van der Waals surface area contributed by atoms with E-state index < -0.39 is 10.9 Å². The van der Waals surface area contributed by atoms with Crippen LogP contribution in [0, 0.1) is 10.1 Å². The van der Waals surface area contributed by atoms with Crippen LogP contribution < -0.4 is 4.90 Å². The van der Waals surface area contributed by atoms with Crippen molar-refractivity contribution < 1.29 is 19.2 Å². The second kappa shape index (κ2) is 9.37. The van der Waals surface area contributed by atoms with Gasteiger partial charge in [-0.3, -0.25) is 19.3 Å². The molecule has 4 rings (SSSR count). The number of esters is 1. The molecule has 0 saturated carbocycles. The normalized spacial score (nSPS) is 14.3. The molecule has 1 fully saturated rings. The van der Waals surface area contributed by atoms with Crippen molar-refractivity contribution in [3.8, 4) is 0 Å². The van der Waals surface area contributed by atoms with Crippen LogP contribution in [0.2, 0.25) is 5.15 Å². The fourth-order valence-electron chi connectivity index (χ4n) is 3.34. The standard InChI is InChI=1S/C20H18ClN5O5S/c21-19-16(25-11-12-32-20(25)22-19)5-6-18(28)31-13-17(27)24-9-7-23(8-10-24)14-1-3-15(4-2-14)26(29)30/h1-6,11-12H,7-10,13H2/b6-5+. The van der Waals surface area contributed by atoms with Crippen molar-refractivity contribution in [2.45, 2.75) is 0 Å². The van der Waals surface area contributed by atoms with E-state index in [1.54, 1.807) is 27.6 Å². The van der Waals surface area contributed by atoms with Crippen LogP contribution in [0.15, 0.2) is 41.9 Å². The summed E-state index contributed by atoms with van der Waals surface area (Å²) < 4.78 is 6.83. The number of nitrogens with zero attached hydrogens (tertiary/aromatic N) is 5. The highest BCUT2D eigenvalue weighted by molar-refractivity contribution is 7.15. The van der Waals surface area contributed by atoms with Crippen molar-refractivity contribution in [2.24, 2.45) is 0 Å². The van der Waals surface area contributed by atoms with Gasteiger partial charge in [-0.2, -0.15) is 0 Å². The molecule has 0 bridgehead atoms. The number of aromatic nitrogens is 2. The molecule has 32 heavy (non-hydrogen) atoms. The largest absolute Gasteiger partial charge is 0.452 e. The molecule has 1 aromatic carbocycles. The third-order valence-electron chi connectivity index (χ3n) is 5.03. The maximum absolute atomic E-state index is 12.4. The molecule has 166 valence electrons.